The summed E-state index contributed by atoms with van der Waals surface area (Å²) < 4.78 is 6.83. The Morgan fingerprint density at radius 2 is 1.72 bits per heavy atom. The first kappa shape index (κ1) is 29.7. The molecular weight excluding hydrogens is 576 g/mol. The van der Waals surface area contributed by atoms with E-state index in [9.17, 15) is 5.11 Å². The molecule has 4 atom stereocenters. The van der Waals surface area contributed by atoms with Gasteiger partial charge >= 0.3 is 0 Å². The lowest BCUT2D eigenvalue weighted by Crippen LogP contribution is -2.37. The highest BCUT2D eigenvalue weighted by molar-refractivity contribution is 5.84. The number of phenolic OH excluding ortho intramolecular Hbond substituents is 1. The van der Waals surface area contributed by atoms with Gasteiger partial charge in [-0.05, 0) is 83.0 Å². The Hall–Kier alpha value is -4.70. The summed E-state index contributed by atoms with van der Waals surface area (Å²) in [5, 5.41) is 11.5. The van der Waals surface area contributed by atoms with E-state index in [1.807, 2.05) is 12.1 Å². The van der Waals surface area contributed by atoms with Crippen LogP contribution in [0.5, 0.6) is 11.5 Å². The van der Waals surface area contributed by atoms with Crippen molar-refractivity contribution < 1.29 is 9.84 Å². The maximum absolute atomic E-state index is 11.5. The predicted molar refractivity (Wildman–Crippen MR) is 194 cm³/mol. The summed E-state index contributed by atoms with van der Waals surface area (Å²) in [4.78, 5) is 2.55. The summed E-state index contributed by atoms with van der Waals surface area (Å²) in [6.45, 7) is 8.81. The van der Waals surface area contributed by atoms with Gasteiger partial charge < -0.3 is 20.5 Å². The van der Waals surface area contributed by atoms with Gasteiger partial charge in [-0.15, -0.1) is 0 Å². The lowest BCUT2D eigenvalue weighted by molar-refractivity contribution is 0.266. The molecule has 0 saturated carbocycles. The SMILES string of the molecule is CC1CCC=CC1N(c1cccc(-c2cccc(C(C)(C)C)c2O)c1)c1cc2c(c3c1CCC=C3)C1c3ccccc3C(N)=CC1O2. The topological polar surface area (TPSA) is 58.7 Å². The molecule has 1 aliphatic heterocycles. The highest BCUT2D eigenvalue weighted by Crippen LogP contribution is 2.54. The van der Waals surface area contributed by atoms with Crippen molar-refractivity contribution in [2.75, 3.05) is 4.90 Å². The van der Waals surface area contributed by atoms with E-state index in [1.54, 1.807) is 0 Å². The van der Waals surface area contributed by atoms with Crippen LogP contribution in [0, 0.1) is 5.92 Å². The molecule has 3 aliphatic carbocycles. The van der Waals surface area contributed by atoms with Crippen molar-refractivity contribution in [3.05, 3.63) is 130 Å². The fourth-order valence-electron chi connectivity index (χ4n) is 8.35. The van der Waals surface area contributed by atoms with Gasteiger partial charge in [0.15, 0.2) is 0 Å². The van der Waals surface area contributed by atoms with E-state index in [2.05, 4.69) is 124 Å². The first-order valence-corrected chi connectivity index (χ1v) is 17.2. The number of rotatable bonds is 4. The van der Waals surface area contributed by atoms with Gasteiger partial charge in [0.05, 0.1) is 12.0 Å². The second kappa shape index (κ2) is 11.2. The third kappa shape index (κ3) is 4.88. The van der Waals surface area contributed by atoms with Crippen molar-refractivity contribution in [2.45, 2.75) is 76.9 Å². The van der Waals surface area contributed by atoms with Gasteiger partial charge in [0, 0.05) is 39.8 Å². The number of fused-ring (bicyclic) bond motifs is 7. The number of para-hydroxylation sites is 1. The number of aromatic hydroxyl groups is 1. The molecule has 238 valence electrons. The number of benzene rings is 4. The average molecular weight is 621 g/mol. The largest absolute Gasteiger partial charge is 0.507 e. The molecule has 47 heavy (non-hydrogen) atoms. The van der Waals surface area contributed by atoms with Crippen LogP contribution < -0.4 is 15.4 Å². The van der Waals surface area contributed by atoms with E-state index >= 15 is 0 Å². The van der Waals surface area contributed by atoms with Crippen molar-refractivity contribution in [2.24, 2.45) is 11.7 Å². The van der Waals surface area contributed by atoms with Gasteiger partial charge in [0.2, 0.25) is 0 Å². The lowest BCUT2D eigenvalue weighted by Gasteiger charge is -2.40. The molecule has 0 spiro atoms. The van der Waals surface area contributed by atoms with Crippen LogP contribution in [-0.2, 0) is 11.8 Å². The fourth-order valence-corrected chi connectivity index (χ4v) is 8.35. The Bertz CT molecular complexity index is 1980. The van der Waals surface area contributed by atoms with Crippen molar-refractivity contribution >= 4 is 23.1 Å². The summed E-state index contributed by atoms with van der Waals surface area (Å²) in [6.07, 6.45) is 15.6. The second-order valence-electron chi connectivity index (χ2n) is 14.8. The quantitative estimate of drug-likeness (QED) is 0.223. The summed E-state index contributed by atoms with van der Waals surface area (Å²) in [5.41, 5.74) is 18.7. The molecule has 4 nitrogen and oxygen atoms in total. The minimum absolute atomic E-state index is 0.113. The highest BCUT2D eigenvalue weighted by atomic mass is 16.5. The summed E-state index contributed by atoms with van der Waals surface area (Å²) in [5.74, 6) is 1.88. The molecule has 0 fully saturated rings. The van der Waals surface area contributed by atoms with E-state index < -0.39 is 0 Å². The fraction of sp³-hybridized carbons (Fsp3) is 0.302. The first-order chi connectivity index (χ1) is 22.7. The van der Waals surface area contributed by atoms with Gasteiger partial charge in [0.25, 0.3) is 0 Å². The molecule has 0 bridgehead atoms. The van der Waals surface area contributed by atoms with Gasteiger partial charge in [-0.1, -0.05) is 107 Å². The minimum atomic E-state index is -0.166. The molecule has 8 rings (SSSR count). The Morgan fingerprint density at radius 1 is 0.915 bits per heavy atom. The molecule has 4 aromatic carbocycles. The molecule has 4 heteroatoms. The number of ether oxygens (including phenoxy) is 1. The monoisotopic (exact) mass is 620 g/mol. The summed E-state index contributed by atoms with van der Waals surface area (Å²) in [6, 6.07) is 25.9. The molecule has 4 aliphatic rings. The third-order valence-electron chi connectivity index (χ3n) is 10.7. The Morgan fingerprint density at radius 3 is 2.55 bits per heavy atom. The highest BCUT2D eigenvalue weighted by Gasteiger charge is 2.42. The van der Waals surface area contributed by atoms with Crippen LogP contribution in [0.1, 0.15) is 86.3 Å². The number of nitrogens with zero attached hydrogens (tertiary/aromatic N) is 1. The van der Waals surface area contributed by atoms with Crippen molar-refractivity contribution in [1.29, 1.82) is 0 Å². The maximum Gasteiger partial charge on any atom is 0.130 e. The minimum Gasteiger partial charge on any atom is -0.507 e. The number of nitrogens with two attached hydrogens (primary N) is 1. The van der Waals surface area contributed by atoms with Crippen LogP contribution in [-0.4, -0.2) is 17.3 Å². The number of allylic oxidation sites excluding steroid dienone is 2. The average Bonchev–Trinajstić information content (AvgIpc) is 3.44. The Labute approximate surface area is 278 Å². The standard InChI is InChI=1S/C43H44N2O2/c1-26-13-5-10-22-36(26)45(28-15-11-14-27(23-28)29-20-12-21-34(42(29)46)43(2,3)4)37-25-39-41(33-19-9-7-17-31(33)37)40-32-18-8-6-16-30(32)35(44)24-38(40)47-39/h6,8-12,14-16,18-26,36,38,40,46H,5,7,13,17,44H2,1-4H3. The van der Waals surface area contributed by atoms with Gasteiger partial charge in [0.1, 0.15) is 17.6 Å². The molecule has 4 aromatic rings. The van der Waals surface area contributed by atoms with Crippen LogP contribution >= 0.6 is 0 Å². The zero-order valence-electron chi connectivity index (χ0n) is 27.8. The predicted octanol–water partition coefficient (Wildman–Crippen LogP) is 10.0. The van der Waals surface area contributed by atoms with Crippen LogP contribution in [0.25, 0.3) is 22.9 Å². The molecule has 0 saturated heterocycles. The molecule has 1 heterocycles. The second-order valence-corrected chi connectivity index (χ2v) is 14.8. The Kier molecular flexibility index (Phi) is 7.09. The summed E-state index contributed by atoms with van der Waals surface area (Å²) in [7, 11) is 0. The van der Waals surface area contributed by atoms with E-state index in [0.717, 1.165) is 65.1 Å². The molecule has 0 radical (unpaired) electrons. The van der Waals surface area contributed by atoms with Gasteiger partial charge in [-0.3, -0.25) is 0 Å². The first-order valence-electron chi connectivity index (χ1n) is 17.2. The third-order valence-corrected chi connectivity index (χ3v) is 10.7. The van der Waals surface area contributed by atoms with Crippen LogP contribution in [0.4, 0.5) is 11.4 Å². The summed E-state index contributed by atoms with van der Waals surface area (Å²) >= 11 is 0. The van der Waals surface area contributed by atoms with E-state index in [1.165, 1.54) is 27.9 Å². The van der Waals surface area contributed by atoms with Crippen molar-refractivity contribution in [1.82, 2.24) is 0 Å². The number of hydrogen-bond acceptors (Lipinski definition) is 4. The Balaban J connectivity index is 1.32. The van der Waals surface area contributed by atoms with Crippen LogP contribution in [0.15, 0.2) is 97.1 Å². The molecular formula is C43H44N2O2. The van der Waals surface area contributed by atoms with Crippen LogP contribution in [0.3, 0.4) is 0 Å². The smallest absolute Gasteiger partial charge is 0.130 e. The van der Waals surface area contributed by atoms with E-state index in [4.69, 9.17) is 10.5 Å². The van der Waals surface area contributed by atoms with E-state index in [0.29, 0.717) is 11.7 Å². The van der Waals surface area contributed by atoms with Crippen molar-refractivity contribution in [3.63, 3.8) is 0 Å². The maximum atomic E-state index is 11.5. The van der Waals surface area contributed by atoms with E-state index in [-0.39, 0.29) is 23.5 Å². The van der Waals surface area contributed by atoms with Gasteiger partial charge in [-0.25, -0.2) is 0 Å². The number of hydrogen-bond donors (Lipinski definition) is 2. The number of phenols is 1. The van der Waals surface area contributed by atoms with Gasteiger partial charge in [-0.2, -0.15) is 0 Å². The molecule has 3 N–H and O–H groups in total. The zero-order valence-corrected chi connectivity index (χ0v) is 27.8. The van der Waals surface area contributed by atoms with Crippen LogP contribution in [0.2, 0.25) is 0 Å². The van der Waals surface area contributed by atoms with Crippen molar-refractivity contribution in [3.8, 4) is 22.6 Å². The normalized spacial score (nSPS) is 22.4. The lowest BCUT2D eigenvalue weighted by atomic mass is 9.77. The molecule has 4 unspecified atom stereocenters. The molecule has 0 amide bonds. The zero-order chi connectivity index (χ0) is 32.4. The molecule has 0 aromatic heterocycles. The number of anilines is 2.